The average molecular weight is 176 g/mol. The van der Waals surface area contributed by atoms with Crippen LogP contribution in [0.3, 0.4) is 0 Å². The van der Waals surface area contributed by atoms with Crippen LogP contribution in [0.2, 0.25) is 0 Å². The molecular formula is C7H13O3P. The monoisotopic (exact) mass is 176 g/mol. The lowest BCUT2D eigenvalue weighted by atomic mass is 10.7. The van der Waals surface area contributed by atoms with E-state index in [9.17, 15) is 4.57 Å². The summed E-state index contributed by atoms with van der Waals surface area (Å²) in [4.78, 5) is 0. The van der Waals surface area contributed by atoms with E-state index in [1.807, 2.05) is 0 Å². The molecule has 1 atom stereocenters. The van der Waals surface area contributed by atoms with Gasteiger partial charge in [-0.1, -0.05) is 12.2 Å². The zero-order valence-electron chi connectivity index (χ0n) is 6.66. The molecule has 0 bridgehead atoms. The highest BCUT2D eigenvalue weighted by Crippen LogP contribution is 2.46. The molecule has 0 fully saturated rings. The molecule has 0 radical (unpaired) electrons. The summed E-state index contributed by atoms with van der Waals surface area (Å²) in [5.74, 6) is 0. The number of hydrogen-bond donors (Lipinski definition) is 0. The summed E-state index contributed by atoms with van der Waals surface area (Å²) in [6, 6.07) is 0. The van der Waals surface area contributed by atoms with Crippen molar-refractivity contribution in [1.29, 1.82) is 0 Å². The highest BCUT2D eigenvalue weighted by Gasteiger charge is 2.19. The summed E-state index contributed by atoms with van der Waals surface area (Å²) in [5, 5.41) is 0. The van der Waals surface area contributed by atoms with Crippen molar-refractivity contribution in [2.45, 2.75) is 0 Å². The topological polar surface area (TPSA) is 35.5 Å². The van der Waals surface area contributed by atoms with Crippen molar-refractivity contribution >= 4 is 7.60 Å². The lowest BCUT2D eigenvalue weighted by molar-refractivity contribution is 0.257. The Morgan fingerprint density at radius 2 is 2.09 bits per heavy atom. The summed E-state index contributed by atoms with van der Waals surface area (Å²) in [6.07, 6.45) is 3.26. The molecule has 0 saturated heterocycles. The second-order valence-electron chi connectivity index (χ2n) is 1.85. The molecule has 64 valence electrons. The predicted octanol–water partition coefficient (Wildman–Crippen LogP) is 2.21. The van der Waals surface area contributed by atoms with Gasteiger partial charge in [-0.25, -0.2) is 0 Å². The Labute approximate surface area is 67.2 Å². The van der Waals surface area contributed by atoms with Crippen molar-refractivity contribution in [3.05, 3.63) is 25.3 Å². The molecular weight excluding hydrogens is 163 g/mol. The Balaban J connectivity index is 3.98. The summed E-state index contributed by atoms with van der Waals surface area (Å²) in [5.41, 5.74) is 0. The van der Waals surface area contributed by atoms with E-state index in [2.05, 4.69) is 13.2 Å². The molecule has 0 N–H and O–H groups in total. The van der Waals surface area contributed by atoms with E-state index in [-0.39, 0.29) is 12.8 Å². The molecule has 0 saturated carbocycles. The fraction of sp³-hybridized carbons (Fsp3) is 0.429. The van der Waals surface area contributed by atoms with Crippen LogP contribution in [0.1, 0.15) is 0 Å². The smallest absolute Gasteiger partial charge is 0.312 e. The van der Waals surface area contributed by atoms with Gasteiger partial charge >= 0.3 is 7.60 Å². The third-order valence-corrected chi connectivity index (χ3v) is 2.82. The predicted molar refractivity (Wildman–Crippen MR) is 45.8 cm³/mol. The first-order chi connectivity index (χ1) is 5.18. The van der Waals surface area contributed by atoms with E-state index >= 15 is 0 Å². The fourth-order valence-electron chi connectivity index (χ4n) is 0.504. The molecule has 0 spiro atoms. The minimum atomic E-state index is -2.91. The quantitative estimate of drug-likeness (QED) is 0.459. The molecule has 11 heavy (non-hydrogen) atoms. The number of rotatable bonds is 6. The van der Waals surface area contributed by atoms with Crippen LogP contribution in [0.4, 0.5) is 0 Å². The third kappa shape index (κ3) is 4.14. The van der Waals surface area contributed by atoms with Gasteiger partial charge in [0.2, 0.25) is 0 Å². The van der Waals surface area contributed by atoms with Crippen LogP contribution >= 0.6 is 7.60 Å². The summed E-state index contributed by atoms with van der Waals surface area (Å²) >= 11 is 0. The van der Waals surface area contributed by atoms with Gasteiger partial charge in [0.1, 0.15) is 0 Å². The van der Waals surface area contributed by atoms with E-state index in [1.54, 1.807) is 0 Å². The van der Waals surface area contributed by atoms with Crippen LogP contribution in [-0.4, -0.2) is 19.9 Å². The van der Waals surface area contributed by atoms with E-state index in [4.69, 9.17) is 9.05 Å². The van der Waals surface area contributed by atoms with Crippen molar-refractivity contribution in [3.63, 3.8) is 0 Å². The molecule has 0 amide bonds. The molecule has 0 aliphatic carbocycles. The molecule has 4 heteroatoms. The summed E-state index contributed by atoms with van der Waals surface area (Å²) in [7, 11) is -1.55. The van der Waals surface area contributed by atoms with Gasteiger partial charge in [-0.3, -0.25) is 4.57 Å². The molecule has 0 aliphatic rings. The molecule has 1 unspecified atom stereocenters. The fourth-order valence-corrected chi connectivity index (χ4v) is 1.51. The second kappa shape index (κ2) is 5.30. The molecule has 0 rings (SSSR count). The maximum atomic E-state index is 11.4. The zero-order chi connectivity index (χ0) is 8.74. The highest BCUT2D eigenvalue weighted by molar-refractivity contribution is 7.54. The largest absolute Gasteiger partial charge is 0.334 e. The first-order valence-electron chi connectivity index (χ1n) is 3.19. The van der Waals surface area contributed by atoms with E-state index < -0.39 is 7.60 Å². The van der Waals surface area contributed by atoms with Gasteiger partial charge in [-0.05, 0) is 0 Å². The Hall–Kier alpha value is -0.370. The summed E-state index contributed by atoms with van der Waals surface area (Å²) in [6.45, 7) is 7.11. The molecule has 0 aromatic rings. The second-order valence-corrected chi connectivity index (χ2v) is 4.06. The number of hydrogen-bond acceptors (Lipinski definition) is 3. The van der Waals surface area contributed by atoms with Crippen LogP contribution in [0, 0.1) is 0 Å². The van der Waals surface area contributed by atoms with Crippen molar-refractivity contribution in [2.24, 2.45) is 0 Å². The lowest BCUT2D eigenvalue weighted by Crippen LogP contribution is -1.95. The maximum absolute atomic E-state index is 11.4. The van der Waals surface area contributed by atoms with Crippen LogP contribution in [0.15, 0.2) is 25.3 Å². The highest BCUT2D eigenvalue weighted by atomic mass is 31.2. The Kier molecular flexibility index (Phi) is 5.12. The van der Waals surface area contributed by atoms with Crippen LogP contribution in [-0.2, 0) is 13.6 Å². The minimum absolute atomic E-state index is 0.233. The minimum Gasteiger partial charge on any atom is -0.312 e. The van der Waals surface area contributed by atoms with Crippen molar-refractivity contribution in [3.8, 4) is 0 Å². The van der Waals surface area contributed by atoms with Gasteiger partial charge in [0.05, 0.1) is 12.8 Å². The normalized spacial score (nSPS) is 15.4. The van der Waals surface area contributed by atoms with Crippen molar-refractivity contribution in [1.82, 2.24) is 0 Å². The molecule has 0 aromatic carbocycles. The summed E-state index contributed by atoms with van der Waals surface area (Å²) < 4.78 is 21.0. The Morgan fingerprint density at radius 1 is 1.45 bits per heavy atom. The maximum Gasteiger partial charge on any atom is 0.334 e. The van der Waals surface area contributed by atoms with E-state index in [0.717, 1.165) is 0 Å². The first kappa shape index (κ1) is 10.6. The first-order valence-corrected chi connectivity index (χ1v) is 4.92. The van der Waals surface area contributed by atoms with E-state index in [0.29, 0.717) is 0 Å². The molecule has 3 nitrogen and oxygen atoms in total. The Morgan fingerprint density at radius 3 is 2.45 bits per heavy atom. The molecule has 0 heterocycles. The molecule has 0 aliphatic heterocycles. The average Bonchev–Trinajstić information content (AvgIpc) is 2.02. The SMILES string of the molecule is C=CCOP(=O)(CC=C)OC. The van der Waals surface area contributed by atoms with Crippen LogP contribution in [0.25, 0.3) is 0 Å². The van der Waals surface area contributed by atoms with Gasteiger partial charge in [-0.2, -0.15) is 0 Å². The van der Waals surface area contributed by atoms with Gasteiger partial charge in [0, 0.05) is 7.11 Å². The Bertz CT molecular complexity index is 177. The van der Waals surface area contributed by atoms with Gasteiger partial charge in [0.15, 0.2) is 0 Å². The van der Waals surface area contributed by atoms with E-state index in [1.165, 1.54) is 19.3 Å². The van der Waals surface area contributed by atoms with Crippen molar-refractivity contribution in [2.75, 3.05) is 19.9 Å². The van der Waals surface area contributed by atoms with Gasteiger partial charge in [0.25, 0.3) is 0 Å². The lowest BCUT2D eigenvalue weighted by Gasteiger charge is -2.12. The van der Waals surface area contributed by atoms with Gasteiger partial charge in [-0.15, -0.1) is 13.2 Å². The molecule has 0 aromatic heterocycles. The van der Waals surface area contributed by atoms with Crippen LogP contribution in [0.5, 0.6) is 0 Å². The number of allylic oxidation sites excluding steroid dienone is 1. The van der Waals surface area contributed by atoms with Crippen LogP contribution < -0.4 is 0 Å². The standard InChI is InChI=1S/C7H13O3P/c1-4-6-10-11(8,9-3)7-5-2/h4-5H,1-2,6-7H2,3H3. The third-order valence-electron chi connectivity index (χ3n) is 1.02. The zero-order valence-corrected chi connectivity index (χ0v) is 7.55. The van der Waals surface area contributed by atoms with Gasteiger partial charge < -0.3 is 9.05 Å². The van der Waals surface area contributed by atoms with Crippen molar-refractivity contribution < 1.29 is 13.6 Å².